The van der Waals surface area contributed by atoms with Crippen molar-refractivity contribution >= 4 is 27.5 Å². The van der Waals surface area contributed by atoms with Gasteiger partial charge in [0.05, 0.1) is 30.7 Å². The van der Waals surface area contributed by atoms with E-state index in [4.69, 9.17) is 25.8 Å². The van der Waals surface area contributed by atoms with Gasteiger partial charge in [-0.2, -0.15) is 4.31 Å². The highest BCUT2D eigenvalue weighted by Gasteiger charge is 2.32. The first-order chi connectivity index (χ1) is 15.8. The van der Waals surface area contributed by atoms with Crippen molar-refractivity contribution in [2.45, 2.75) is 31.2 Å². The fourth-order valence-corrected chi connectivity index (χ4v) is 5.54. The Labute approximate surface area is 199 Å². The van der Waals surface area contributed by atoms with E-state index in [9.17, 15) is 13.2 Å². The van der Waals surface area contributed by atoms with Gasteiger partial charge in [-0.25, -0.2) is 8.42 Å². The molecule has 8 nitrogen and oxygen atoms in total. The molecule has 2 aromatic carbocycles. The smallest absolute Gasteiger partial charge is 0.243 e. The van der Waals surface area contributed by atoms with Crippen molar-refractivity contribution in [3.05, 3.63) is 47.0 Å². The van der Waals surface area contributed by atoms with E-state index >= 15 is 0 Å². The van der Waals surface area contributed by atoms with Gasteiger partial charge >= 0.3 is 0 Å². The number of piperidine rings is 1. The third kappa shape index (κ3) is 5.90. The number of carbonyl (C=O) groups is 1. The number of carbonyl (C=O) groups excluding carboxylic acids is 1. The van der Waals surface area contributed by atoms with Crippen LogP contribution in [-0.4, -0.2) is 52.5 Å². The highest BCUT2D eigenvalue weighted by atomic mass is 35.5. The lowest BCUT2D eigenvalue weighted by molar-refractivity contribution is -0.126. The zero-order valence-corrected chi connectivity index (χ0v) is 20.5. The number of hydrogen-bond donors (Lipinski definition) is 1. The molecule has 0 unspecified atom stereocenters. The predicted molar refractivity (Wildman–Crippen MR) is 125 cm³/mol. The molecule has 33 heavy (non-hydrogen) atoms. The third-order valence-electron chi connectivity index (χ3n) is 5.58. The lowest BCUT2D eigenvalue weighted by atomic mass is 9.97. The van der Waals surface area contributed by atoms with Gasteiger partial charge in [-0.15, -0.1) is 0 Å². The maximum Gasteiger partial charge on any atom is 0.243 e. The van der Waals surface area contributed by atoms with E-state index in [1.165, 1.54) is 16.4 Å². The summed E-state index contributed by atoms with van der Waals surface area (Å²) in [4.78, 5) is 12.8. The summed E-state index contributed by atoms with van der Waals surface area (Å²) in [5, 5.41) is 3.19. The zero-order valence-electron chi connectivity index (χ0n) is 19.0. The number of benzene rings is 2. The summed E-state index contributed by atoms with van der Waals surface area (Å²) in [5.41, 5.74) is 0.883. The molecule has 10 heteroatoms. The third-order valence-corrected chi connectivity index (χ3v) is 7.77. The van der Waals surface area contributed by atoms with Crippen LogP contribution < -0.4 is 19.5 Å². The second kappa shape index (κ2) is 11.1. The van der Waals surface area contributed by atoms with E-state index in [0.29, 0.717) is 43.2 Å². The molecule has 0 aliphatic carbocycles. The van der Waals surface area contributed by atoms with Gasteiger partial charge in [0.1, 0.15) is 5.75 Å². The molecule has 1 saturated heterocycles. The van der Waals surface area contributed by atoms with Crippen molar-refractivity contribution in [2.75, 3.05) is 33.9 Å². The first-order valence-electron chi connectivity index (χ1n) is 10.7. The highest BCUT2D eigenvalue weighted by molar-refractivity contribution is 7.89. The minimum absolute atomic E-state index is 0.0917. The Kier molecular flexibility index (Phi) is 8.45. The molecule has 0 aromatic heterocycles. The molecular weight excluding hydrogens is 468 g/mol. The number of nitrogens with zero attached hydrogens (tertiary/aromatic N) is 1. The fourth-order valence-electron chi connectivity index (χ4n) is 3.75. The van der Waals surface area contributed by atoms with Crippen molar-refractivity contribution in [3.63, 3.8) is 0 Å². The maximum atomic E-state index is 13.0. The molecule has 1 aliphatic rings. The highest BCUT2D eigenvalue weighted by Crippen LogP contribution is 2.31. The summed E-state index contributed by atoms with van der Waals surface area (Å²) in [6.07, 6.45) is 0.892. The van der Waals surface area contributed by atoms with E-state index in [2.05, 4.69) is 5.32 Å². The van der Waals surface area contributed by atoms with Crippen LogP contribution in [0.3, 0.4) is 0 Å². The van der Waals surface area contributed by atoms with Gasteiger partial charge in [0.25, 0.3) is 0 Å². The number of hydrogen-bond acceptors (Lipinski definition) is 6. The summed E-state index contributed by atoms with van der Waals surface area (Å²) < 4.78 is 43.3. The second-order valence-corrected chi connectivity index (χ2v) is 9.96. The summed E-state index contributed by atoms with van der Waals surface area (Å²) in [6.45, 7) is 3.15. The van der Waals surface area contributed by atoms with Crippen LogP contribution in [0.2, 0.25) is 5.02 Å². The van der Waals surface area contributed by atoms with Crippen LogP contribution in [-0.2, 0) is 21.4 Å². The Balaban J connectivity index is 1.56. The van der Waals surface area contributed by atoms with E-state index in [0.717, 1.165) is 5.56 Å². The van der Waals surface area contributed by atoms with E-state index in [1.807, 2.05) is 19.1 Å². The van der Waals surface area contributed by atoms with Gasteiger partial charge in [0, 0.05) is 25.6 Å². The summed E-state index contributed by atoms with van der Waals surface area (Å²) in [7, 11) is -0.574. The number of amides is 1. The monoisotopic (exact) mass is 496 g/mol. The molecule has 1 aliphatic heterocycles. The van der Waals surface area contributed by atoms with Crippen molar-refractivity contribution in [3.8, 4) is 17.2 Å². The van der Waals surface area contributed by atoms with Crippen molar-refractivity contribution in [1.29, 1.82) is 0 Å². The molecule has 0 radical (unpaired) electrons. The summed E-state index contributed by atoms with van der Waals surface area (Å²) in [6, 6.07) is 9.93. The minimum atomic E-state index is -3.70. The first-order valence-corrected chi connectivity index (χ1v) is 12.5. The molecule has 0 atom stereocenters. The standard InChI is InChI=1S/C23H29ClN2O6S/c1-4-32-20-8-6-18(14-19(20)24)33(28,29)26-11-9-17(10-12-26)23(27)25-15-16-5-7-21(30-2)22(13-16)31-3/h5-8,13-14,17H,4,9-12,15H2,1-3H3,(H,25,27). The Morgan fingerprint density at radius 3 is 2.33 bits per heavy atom. The molecule has 1 fully saturated rings. The number of rotatable bonds is 9. The molecule has 3 rings (SSSR count). The van der Waals surface area contributed by atoms with Crippen LogP contribution in [0.4, 0.5) is 0 Å². The topological polar surface area (TPSA) is 94.2 Å². The van der Waals surface area contributed by atoms with Gasteiger partial charge in [-0.05, 0) is 55.7 Å². The number of sulfonamides is 1. The molecule has 1 N–H and O–H groups in total. The molecule has 1 heterocycles. The second-order valence-electron chi connectivity index (χ2n) is 7.61. The molecule has 180 valence electrons. The Hall–Kier alpha value is -2.49. The van der Waals surface area contributed by atoms with E-state index in [1.54, 1.807) is 26.4 Å². The lowest BCUT2D eigenvalue weighted by Crippen LogP contribution is -2.42. The molecule has 1 amide bonds. The normalized spacial score (nSPS) is 15.2. The van der Waals surface area contributed by atoms with E-state index < -0.39 is 10.0 Å². The quantitative estimate of drug-likeness (QED) is 0.571. The van der Waals surface area contributed by atoms with Crippen molar-refractivity contribution < 1.29 is 27.4 Å². The van der Waals surface area contributed by atoms with E-state index in [-0.39, 0.29) is 34.8 Å². The van der Waals surface area contributed by atoms with Crippen LogP contribution in [0, 0.1) is 5.92 Å². The van der Waals surface area contributed by atoms with Crippen LogP contribution in [0.25, 0.3) is 0 Å². The van der Waals surface area contributed by atoms with Crippen LogP contribution in [0.1, 0.15) is 25.3 Å². The van der Waals surface area contributed by atoms with Crippen LogP contribution in [0.5, 0.6) is 17.2 Å². The largest absolute Gasteiger partial charge is 0.493 e. The predicted octanol–water partition coefficient (Wildman–Crippen LogP) is 3.47. The molecular formula is C23H29ClN2O6S. The summed E-state index contributed by atoms with van der Waals surface area (Å²) >= 11 is 6.16. The number of nitrogens with one attached hydrogen (secondary N) is 1. The van der Waals surface area contributed by atoms with Crippen molar-refractivity contribution in [1.82, 2.24) is 9.62 Å². The minimum Gasteiger partial charge on any atom is -0.493 e. The molecule has 0 spiro atoms. The van der Waals surface area contributed by atoms with Gasteiger partial charge in [-0.1, -0.05) is 17.7 Å². The van der Waals surface area contributed by atoms with Crippen molar-refractivity contribution in [2.24, 2.45) is 5.92 Å². The fraction of sp³-hybridized carbons (Fsp3) is 0.435. The van der Waals surface area contributed by atoms with Crippen LogP contribution >= 0.6 is 11.6 Å². The lowest BCUT2D eigenvalue weighted by Gasteiger charge is -2.30. The number of halogens is 1. The Bertz CT molecular complexity index is 1080. The number of ether oxygens (including phenoxy) is 3. The molecule has 0 saturated carbocycles. The molecule has 2 aromatic rings. The number of methoxy groups -OCH3 is 2. The Morgan fingerprint density at radius 1 is 1.06 bits per heavy atom. The summed E-state index contributed by atoms with van der Waals surface area (Å²) in [5.74, 6) is 1.32. The Morgan fingerprint density at radius 2 is 1.73 bits per heavy atom. The zero-order chi connectivity index (χ0) is 24.0. The average Bonchev–Trinajstić information content (AvgIpc) is 2.83. The maximum absolute atomic E-state index is 13.0. The van der Waals surface area contributed by atoms with Gasteiger partial charge in [-0.3, -0.25) is 4.79 Å². The van der Waals surface area contributed by atoms with Gasteiger partial charge in [0.15, 0.2) is 11.5 Å². The first kappa shape index (κ1) is 25.1. The molecule has 0 bridgehead atoms. The van der Waals surface area contributed by atoms with Gasteiger partial charge < -0.3 is 19.5 Å². The van der Waals surface area contributed by atoms with Gasteiger partial charge in [0.2, 0.25) is 15.9 Å². The average molecular weight is 497 g/mol. The SMILES string of the molecule is CCOc1ccc(S(=O)(=O)N2CCC(C(=O)NCc3ccc(OC)c(OC)c3)CC2)cc1Cl. The van der Waals surface area contributed by atoms with Crippen LogP contribution in [0.15, 0.2) is 41.3 Å².